The van der Waals surface area contributed by atoms with Gasteiger partial charge in [0.1, 0.15) is 11.6 Å². The smallest absolute Gasteiger partial charge is 0.130 e. The minimum Gasteiger partial charge on any atom is -0.493 e. The second-order valence-electron chi connectivity index (χ2n) is 6.46. The third-order valence-electron chi connectivity index (χ3n) is 4.96. The van der Waals surface area contributed by atoms with E-state index >= 15 is 0 Å². The molecule has 0 aliphatic carbocycles. The third-order valence-corrected chi connectivity index (χ3v) is 4.96. The Bertz CT molecular complexity index is 682. The number of benzene rings is 2. The van der Waals surface area contributed by atoms with Crippen LogP contribution in [0, 0.1) is 11.7 Å². The molecule has 114 valence electrons. The Balaban J connectivity index is 1.81. The zero-order chi connectivity index (χ0) is 15.1. The van der Waals surface area contributed by atoms with Gasteiger partial charge in [-0.25, -0.2) is 4.39 Å². The van der Waals surface area contributed by atoms with Gasteiger partial charge in [0, 0.05) is 24.6 Å². The van der Waals surface area contributed by atoms with Crippen LogP contribution in [0.15, 0.2) is 42.5 Å². The van der Waals surface area contributed by atoms with Gasteiger partial charge in [-0.2, -0.15) is 0 Å². The fourth-order valence-electron chi connectivity index (χ4n) is 3.91. The lowest BCUT2D eigenvalue weighted by Crippen LogP contribution is -2.15. The first-order valence-corrected chi connectivity index (χ1v) is 7.92. The van der Waals surface area contributed by atoms with Crippen molar-refractivity contribution in [3.05, 3.63) is 53.8 Å². The Labute approximate surface area is 130 Å². The van der Waals surface area contributed by atoms with Gasteiger partial charge in [-0.15, -0.1) is 0 Å². The summed E-state index contributed by atoms with van der Waals surface area (Å²) in [7, 11) is 2.19. The number of para-hydroxylation sites is 1. The fourth-order valence-corrected chi connectivity index (χ4v) is 3.91. The molecule has 2 atom stereocenters. The first-order chi connectivity index (χ1) is 10.7. The lowest BCUT2D eigenvalue weighted by molar-refractivity contribution is 0.287. The maximum absolute atomic E-state index is 13.2. The largest absolute Gasteiger partial charge is 0.493 e. The van der Waals surface area contributed by atoms with Crippen LogP contribution in [-0.4, -0.2) is 31.6 Å². The van der Waals surface area contributed by atoms with E-state index in [1.807, 2.05) is 12.1 Å². The molecule has 0 spiro atoms. The normalized spacial score (nSPS) is 24.3. The van der Waals surface area contributed by atoms with E-state index in [0.717, 1.165) is 43.0 Å². The quantitative estimate of drug-likeness (QED) is 0.791. The number of fused-ring (bicyclic) bond motifs is 3. The summed E-state index contributed by atoms with van der Waals surface area (Å²) in [5.74, 6) is 2.01. The molecule has 0 bridgehead atoms. The second-order valence-corrected chi connectivity index (χ2v) is 6.46. The van der Waals surface area contributed by atoms with Gasteiger partial charge in [-0.05, 0) is 42.6 Å². The maximum atomic E-state index is 13.2. The van der Waals surface area contributed by atoms with Crippen molar-refractivity contribution < 1.29 is 9.13 Å². The Hall–Kier alpha value is -1.87. The summed E-state index contributed by atoms with van der Waals surface area (Å²) in [4.78, 5) is 2.41. The molecule has 1 fully saturated rings. The minimum atomic E-state index is -0.204. The van der Waals surface area contributed by atoms with Crippen LogP contribution in [0.1, 0.15) is 17.9 Å². The molecule has 2 heterocycles. The van der Waals surface area contributed by atoms with Crippen molar-refractivity contribution in [2.24, 2.45) is 5.92 Å². The molecule has 0 N–H and O–H groups in total. The second kappa shape index (κ2) is 5.40. The number of halogens is 1. The number of hydrogen-bond donors (Lipinski definition) is 0. The number of ether oxygens (including phenoxy) is 1. The van der Waals surface area contributed by atoms with Crippen molar-refractivity contribution >= 4 is 0 Å². The molecule has 2 aromatic carbocycles. The summed E-state index contributed by atoms with van der Waals surface area (Å²) >= 11 is 0. The molecule has 2 aromatic rings. The van der Waals surface area contributed by atoms with E-state index in [9.17, 15) is 4.39 Å². The Morgan fingerprint density at radius 3 is 2.73 bits per heavy atom. The highest BCUT2D eigenvalue weighted by atomic mass is 19.1. The molecule has 0 unspecified atom stereocenters. The Morgan fingerprint density at radius 1 is 1.09 bits per heavy atom. The lowest BCUT2D eigenvalue weighted by atomic mass is 9.86. The van der Waals surface area contributed by atoms with Crippen LogP contribution in [0.25, 0.3) is 11.1 Å². The molecule has 3 heteroatoms. The van der Waals surface area contributed by atoms with Crippen LogP contribution in [0.2, 0.25) is 0 Å². The third kappa shape index (κ3) is 2.30. The van der Waals surface area contributed by atoms with E-state index in [0.29, 0.717) is 11.8 Å². The van der Waals surface area contributed by atoms with E-state index < -0.39 is 0 Å². The number of hydrogen-bond acceptors (Lipinski definition) is 2. The standard InChI is InChI=1S/C19H20FNO/c1-21-11-14-9-10-22-19-16(13-5-7-15(20)8-6-13)3-2-4-17(19)18(14)12-21/h2-8,14,18H,9-12H2,1H3/t14-,18-/m1/s1. The molecule has 0 radical (unpaired) electrons. The van der Waals surface area contributed by atoms with Crippen LogP contribution in [0.3, 0.4) is 0 Å². The Kier molecular flexibility index (Phi) is 3.38. The summed E-state index contributed by atoms with van der Waals surface area (Å²) < 4.78 is 19.3. The number of likely N-dealkylation sites (tertiary alicyclic amines) is 1. The van der Waals surface area contributed by atoms with Crippen LogP contribution in [0.4, 0.5) is 4.39 Å². The highest BCUT2D eigenvalue weighted by Crippen LogP contribution is 2.45. The van der Waals surface area contributed by atoms with Crippen molar-refractivity contribution in [1.82, 2.24) is 4.90 Å². The average Bonchev–Trinajstić information content (AvgIpc) is 2.80. The number of likely N-dealkylation sites (N-methyl/N-ethyl adjacent to an activating group) is 1. The van der Waals surface area contributed by atoms with Crippen molar-refractivity contribution in [3.63, 3.8) is 0 Å². The van der Waals surface area contributed by atoms with Crippen molar-refractivity contribution in [2.45, 2.75) is 12.3 Å². The lowest BCUT2D eigenvalue weighted by Gasteiger charge is -2.18. The van der Waals surface area contributed by atoms with Gasteiger partial charge in [-0.1, -0.05) is 30.3 Å². The SMILES string of the molecule is CN1C[C@H]2CCOc3c(-c4ccc(F)cc4)cccc3[C@@H]2C1. The summed E-state index contributed by atoms with van der Waals surface area (Å²) in [6.07, 6.45) is 1.10. The molecule has 2 nitrogen and oxygen atoms in total. The zero-order valence-corrected chi connectivity index (χ0v) is 12.8. The fraction of sp³-hybridized carbons (Fsp3) is 0.368. The molecular formula is C19H20FNO. The number of nitrogens with zero attached hydrogens (tertiary/aromatic N) is 1. The molecule has 4 rings (SSSR count). The van der Waals surface area contributed by atoms with Gasteiger partial charge in [0.15, 0.2) is 0 Å². The molecule has 2 aliphatic heterocycles. The summed E-state index contributed by atoms with van der Waals surface area (Å²) in [6, 6.07) is 13.1. The van der Waals surface area contributed by atoms with Gasteiger partial charge in [0.05, 0.1) is 6.61 Å². The average molecular weight is 297 g/mol. The van der Waals surface area contributed by atoms with Gasteiger partial charge in [0.2, 0.25) is 0 Å². The van der Waals surface area contributed by atoms with Gasteiger partial charge in [-0.3, -0.25) is 0 Å². The van der Waals surface area contributed by atoms with E-state index in [4.69, 9.17) is 4.74 Å². The van der Waals surface area contributed by atoms with E-state index in [-0.39, 0.29) is 5.82 Å². The number of rotatable bonds is 1. The minimum absolute atomic E-state index is 0.204. The van der Waals surface area contributed by atoms with Gasteiger partial charge in [0.25, 0.3) is 0 Å². The van der Waals surface area contributed by atoms with Crippen LogP contribution < -0.4 is 4.74 Å². The van der Waals surface area contributed by atoms with E-state index in [1.165, 1.54) is 17.7 Å². The van der Waals surface area contributed by atoms with E-state index in [2.05, 4.69) is 30.1 Å². The molecule has 0 amide bonds. The molecular weight excluding hydrogens is 277 g/mol. The zero-order valence-electron chi connectivity index (χ0n) is 12.8. The molecule has 0 aromatic heterocycles. The highest BCUT2D eigenvalue weighted by Gasteiger charge is 2.36. The monoisotopic (exact) mass is 297 g/mol. The van der Waals surface area contributed by atoms with Crippen LogP contribution in [-0.2, 0) is 0 Å². The molecule has 0 saturated carbocycles. The maximum Gasteiger partial charge on any atom is 0.130 e. The Morgan fingerprint density at radius 2 is 1.91 bits per heavy atom. The predicted molar refractivity (Wildman–Crippen MR) is 85.7 cm³/mol. The molecule has 22 heavy (non-hydrogen) atoms. The van der Waals surface area contributed by atoms with Crippen molar-refractivity contribution in [2.75, 3.05) is 26.7 Å². The summed E-state index contributed by atoms with van der Waals surface area (Å²) in [5, 5.41) is 0. The first-order valence-electron chi connectivity index (χ1n) is 7.92. The topological polar surface area (TPSA) is 12.5 Å². The molecule has 2 aliphatic rings. The molecule has 1 saturated heterocycles. The first kappa shape index (κ1) is 13.8. The van der Waals surface area contributed by atoms with Crippen LogP contribution in [0.5, 0.6) is 5.75 Å². The van der Waals surface area contributed by atoms with E-state index in [1.54, 1.807) is 0 Å². The summed E-state index contributed by atoms with van der Waals surface area (Å²) in [5.41, 5.74) is 3.41. The highest BCUT2D eigenvalue weighted by molar-refractivity contribution is 5.72. The van der Waals surface area contributed by atoms with Gasteiger partial charge >= 0.3 is 0 Å². The predicted octanol–water partition coefficient (Wildman–Crippen LogP) is 3.92. The van der Waals surface area contributed by atoms with Crippen LogP contribution >= 0.6 is 0 Å². The summed E-state index contributed by atoms with van der Waals surface area (Å²) in [6.45, 7) is 3.00. The van der Waals surface area contributed by atoms with Crippen molar-refractivity contribution in [1.29, 1.82) is 0 Å². The van der Waals surface area contributed by atoms with Gasteiger partial charge < -0.3 is 9.64 Å². The van der Waals surface area contributed by atoms with Crippen molar-refractivity contribution in [3.8, 4) is 16.9 Å².